The van der Waals surface area contributed by atoms with E-state index >= 15 is 0 Å². The Morgan fingerprint density at radius 2 is 1.81 bits per heavy atom. The smallest absolute Gasteiger partial charge is 0.243 e. The number of carbonyl (C=O) groups excluding carboxylic acids is 1. The lowest BCUT2D eigenvalue weighted by molar-refractivity contribution is -0.123. The molecule has 0 spiro atoms. The van der Waals surface area contributed by atoms with E-state index in [4.69, 9.17) is 11.6 Å². The lowest BCUT2D eigenvalue weighted by atomic mass is 9.95. The molecule has 9 heteroatoms. The van der Waals surface area contributed by atoms with Gasteiger partial charge in [-0.25, -0.2) is 12.8 Å². The van der Waals surface area contributed by atoms with E-state index in [0.717, 1.165) is 37.8 Å². The average Bonchev–Trinajstić information content (AvgIpc) is 2.65. The standard InChI is InChI=1S/C18H25ClFN3O3S/c19-16-12-15(6-7-17(16)20)27(25,26)23-10-8-22(9-11-23)13-18(24)21-14-4-2-1-3-5-14/h6-7,12,14H,1-5,8-11,13H2,(H,21,24). The van der Waals surface area contributed by atoms with Gasteiger partial charge in [-0.2, -0.15) is 4.31 Å². The highest BCUT2D eigenvalue weighted by Gasteiger charge is 2.29. The summed E-state index contributed by atoms with van der Waals surface area (Å²) in [6.07, 6.45) is 5.64. The molecular weight excluding hydrogens is 393 g/mol. The molecule has 1 aliphatic heterocycles. The molecule has 2 fully saturated rings. The zero-order valence-corrected chi connectivity index (χ0v) is 16.7. The van der Waals surface area contributed by atoms with Gasteiger partial charge in [-0.3, -0.25) is 9.69 Å². The molecule has 1 aromatic rings. The Balaban J connectivity index is 1.51. The van der Waals surface area contributed by atoms with Gasteiger partial charge in [0, 0.05) is 32.2 Å². The number of rotatable bonds is 5. The molecule has 0 aromatic heterocycles. The molecule has 6 nitrogen and oxygen atoms in total. The molecule has 0 bridgehead atoms. The normalized spacial score (nSPS) is 20.5. The summed E-state index contributed by atoms with van der Waals surface area (Å²) in [6, 6.07) is 3.69. The van der Waals surface area contributed by atoms with Crippen molar-refractivity contribution in [3.05, 3.63) is 29.0 Å². The van der Waals surface area contributed by atoms with Crippen LogP contribution in [0.1, 0.15) is 32.1 Å². The van der Waals surface area contributed by atoms with E-state index < -0.39 is 15.8 Å². The highest BCUT2D eigenvalue weighted by molar-refractivity contribution is 7.89. The van der Waals surface area contributed by atoms with Gasteiger partial charge in [-0.05, 0) is 31.0 Å². The Kier molecular flexibility index (Phi) is 6.73. The second kappa shape index (κ2) is 8.86. The highest BCUT2D eigenvalue weighted by Crippen LogP contribution is 2.23. The number of nitrogens with one attached hydrogen (secondary N) is 1. The van der Waals surface area contributed by atoms with Gasteiger partial charge >= 0.3 is 0 Å². The van der Waals surface area contributed by atoms with Crippen LogP contribution in [0.3, 0.4) is 0 Å². The van der Waals surface area contributed by atoms with Crippen molar-refractivity contribution in [1.29, 1.82) is 0 Å². The van der Waals surface area contributed by atoms with Crippen LogP contribution in [-0.2, 0) is 14.8 Å². The minimum atomic E-state index is -3.72. The third kappa shape index (κ3) is 5.19. The van der Waals surface area contributed by atoms with Crippen molar-refractivity contribution >= 4 is 27.5 Å². The van der Waals surface area contributed by atoms with E-state index in [9.17, 15) is 17.6 Å². The zero-order valence-electron chi connectivity index (χ0n) is 15.2. The summed E-state index contributed by atoms with van der Waals surface area (Å²) in [5, 5.41) is 2.87. The Hall–Kier alpha value is -1.22. The minimum absolute atomic E-state index is 0.00326. The molecule has 1 aromatic carbocycles. The van der Waals surface area contributed by atoms with Gasteiger partial charge in [0.1, 0.15) is 5.82 Å². The van der Waals surface area contributed by atoms with Gasteiger partial charge in [0.25, 0.3) is 0 Å². The number of carbonyl (C=O) groups is 1. The predicted molar refractivity (Wildman–Crippen MR) is 102 cm³/mol. The number of piperazine rings is 1. The second-order valence-electron chi connectivity index (χ2n) is 7.16. The van der Waals surface area contributed by atoms with Gasteiger partial charge in [0.05, 0.1) is 16.5 Å². The summed E-state index contributed by atoms with van der Waals surface area (Å²) in [4.78, 5) is 14.2. The highest BCUT2D eigenvalue weighted by atomic mass is 35.5. The molecule has 27 heavy (non-hydrogen) atoms. The quantitative estimate of drug-likeness (QED) is 0.797. The molecule has 1 amide bonds. The van der Waals surface area contributed by atoms with E-state index in [1.807, 2.05) is 4.90 Å². The van der Waals surface area contributed by atoms with E-state index in [0.29, 0.717) is 13.1 Å². The van der Waals surface area contributed by atoms with Gasteiger partial charge < -0.3 is 5.32 Å². The maximum atomic E-state index is 13.3. The van der Waals surface area contributed by atoms with Crippen molar-refractivity contribution in [2.75, 3.05) is 32.7 Å². The van der Waals surface area contributed by atoms with Crippen LogP contribution in [0.25, 0.3) is 0 Å². The Bertz CT molecular complexity index is 776. The second-order valence-corrected chi connectivity index (χ2v) is 9.50. The summed E-state index contributed by atoms with van der Waals surface area (Å²) in [5.74, 6) is -0.645. The summed E-state index contributed by atoms with van der Waals surface area (Å²) >= 11 is 5.71. The fraction of sp³-hybridized carbons (Fsp3) is 0.611. The largest absolute Gasteiger partial charge is 0.352 e. The van der Waals surface area contributed by atoms with Crippen molar-refractivity contribution in [2.45, 2.75) is 43.0 Å². The van der Waals surface area contributed by atoms with Gasteiger partial charge in [0.2, 0.25) is 15.9 Å². The van der Waals surface area contributed by atoms with E-state index in [-0.39, 0.29) is 41.5 Å². The predicted octanol–water partition coefficient (Wildman–Crippen LogP) is 2.23. The fourth-order valence-electron chi connectivity index (χ4n) is 3.64. The lowest BCUT2D eigenvalue weighted by Gasteiger charge is -2.34. The first-order valence-electron chi connectivity index (χ1n) is 9.33. The topological polar surface area (TPSA) is 69.7 Å². The average molecular weight is 418 g/mol. The van der Waals surface area contributed by atoms with Gasteiger partial charge in [0.15, 0.2) is 0 Å². The molecule has 0 atom stereocenters. The third-order valence-electron chi connectivity index (χ3n) is 5.20. The maximum absolute atomic E-state index is 13.3. The van der Waals surface area contributed by atoms with E-state index in [1.54, 1.807) is 0 Å². The van der Waals surface area contributed by atoms with Crippen LogP contribution in [0.5, 0.6) is 0 Å². The first-order chi connectivity index (χ1) is 12.9. The first kappa shape index (κ1) is 20.5. The SMILES string of the molecule is O=C(CN1CCN(S(=O)(=O)c2ccc(F)c(Cl)c2)CC1)NC1CCCCC1. The number of hydrogen-bond donors (Lipinski definition) is 1. The van der Waals surface area contributed by atoms with Crippen LogP contribution in [0.4, 0.5) is 4.39 Å². The molecule has 150 valence electrons. The summed E-state index contributed by atoms with van der Waals surface area (Å²) in [6.45, 7) is 1.81. The molecule has 0 radical (unpaired) electrons. The third-order valence-corrected chi connectivity index (χ3v) is 7.38. The lowest BCUT2D eigenvalue weighted by Crippen LogP contribution is -2.51. The Morgan fingerprint density at radius 1 is 1.15 bits per heavy atom. The van der Waals surface area contributed by atoms with Crippen molar-refractivity contribution in [1.82, 2.24) is 14.5 Å². The molecule has 0 unspecified atom stereocenters. The van der Waals surface area contributed by atoms with Crippen LogP contribution < -0.4 is 5.32 Å². The fourth-order valence-corrected chi connectivity index (χ4v) is 5.33. The molecule has 1 N–H and O–H groups in total. The molecule has 1 aliphatic carbocycles. The van der Waals surface area contributed by atoms with Crippen LogP contribution in [0.15, 0.2) is 23.1 Å². The van der Waals surface area contributed by atoms with Crippen LogP contribution in [0.2, 0.25) is 5.02 Å². The number of halogens is 2. The minimum Gasteiger partial charge on any atom is -0.352 e. The number of hydrogen-bond acceptors (Lipinski definition) is 4. The number of benzene rings is 1. The Labute approximate surface area is 164 Å². The summed E-state index contributed by atoms with van der Waals surface area (Å²) < 4.78 is 40.0. The van der Waals surface area contributed by atoms with Crippen molar-refractivity contribution in [3.8, 4) is 0 Å². The molecule has 1 saturated carbocycles. The zero-order chi connectivity index (χ0) is 19.4. The van der Waals surface area contributed by atoms with Gasteiger partial charge in [-0.15, -0.1) is 0 Å². The molecule has 1 saturated heterocycles. The molecule has 2 aliphatic rings. The van der Waals surface area contributed by atoms with Crippen LogP contribution in [-0.4, -0.2) is 62.3 Å². The Morgan fingerprint density at radius 3 is 2.44 bits per heavy atom. The first-order valence-corrected chi connectivity index (χ1v) is 11.1. The van der Waals surface area contributed by atoms with Crippen molar-refractivity contribution < 1.29 is 17.6 Å². The van der Waals surface area contributed by atoms with Gasteiger partial charge in [-0.1, -0.05) is 30.9 Å². The monoisotopic (exact) mass is 417 g/mol. The number of nitrogens with zero attached hydrogens (tertiary/aromatic N) is 2. The summed E-state index contributed by atoms with van der Waals surface area (Å²) in [5.41, 5.74) is 0. The summed E-state index contributed by atoms with van der Waals surface area (Å²) in [7, 11) is -3.72. The van der Waals surface area contributed by atoms with Crippen LogP contribution in [0, 0.1) is 5.82 Å². The van der Waals surface area contributed by atoms with Crippen molar-refractivity contribution in [2.24, 2.45) is 0 Å². The van der Waals surface area contributed by atoms with E-state index in [1.165, 1.54) is 16.8 Å². The van der Waals surface area contributed by atoms with Crippen molar-refractivity contribution in [3.63, 3.8) is 0 Å². The number of sulfonamides is 1. The van der Waals surface area contributed by atoms with Crippen LogP contribution >= 0.6 is 11.6 Å². The number of amides is 1. The maximum Gasteiger partial charge on any atom is 0.243 e. The molecule has 3 rings (SSSR count). The van der Waals surface area contributed by atoms with E-state index in [2.05, 4.69) is 5.32 Å². The molecule has 1 heterocycles. The molecular formula is C18H25ClFN3O3S.